The van der Waals surface area contributed by atoms with Gasteiger partial charge in [0.25, 0.3) is 0 Å². The Labute approximate surface area is 92.3 Å². The first-order chi connectivity index (χ1) is 7.15. The van der Waals surface area contributed by atoms with Crippen molar-refractivity contribution in [2.45, 2.75) is 39.8 Å². The predicted molar refractivity (Wildman–Crippen MR) is 63.9 cm³/mol. The normalized spacial score (nSPS) is 12.8. The zero-order valence-corrected chi connectivity index (χ0v) is 9.88. The Balaban J connectivity index is 2.54. The fourth-order valence-electron chi connectivity index (χ4n) is 1.58. The Morgan fingerprint density at radius 2 is 2.07 bits per heavy atom. The monoisotopic (exact) mass is 207 g/mol. The van der Waals surface area contributed by atoms with Crippen molar-refractivity contribution < 1.29 is 5.11 Å². The fraction of sp³-hybridized carbons (Fsp3) is 0.538. The van der Waals surface area contributed by atoms with Crippen molar-refractivity contribution in [2.75, 3.05) is 6.61 Å². The molecule has 0 amide bonds. The van der Waals surface area contributed by atoms with E-state index < -0.39 is 0 Å². The molecular formula is C13H21NO. The minimum atomic E-state index is 0.251. The van der Waals surface area contributed by atoms with Crippen LogP contribution in [0.2, 0.25) is 0 Å². The molecule has 1 unspecified atom stereocenters. The highest BCUT2D eigenvalue weighted by Gasteiger charge is 2.03. The summed E-state index contributed by atoms with van der Waals surface area (Å²) in [5.74, 6) is 0. The molecule has 1 atom stereocenters. The Kier molecular flexibility index (Phi) is 4.79. The number of hydrogen-bond donors (Lipinski definition) is 2. The third-order valence-electron chi connectivity index (χ3n) is 2.92. The van der Waals surface area contributed by atoms with Gasteiger partial charge in [-0.3, -0.25) is 0 Å². The lowest BCUT2D eigenvalue weighted by atomic mass is 10.0. The lowest BCUT2D eigenvalue weighted by Gasteiger charge is -2.14. The lowest BCUT2D eigenvalue weighted by molar-refractivity contribution is 0.268. The van der Waals surface area contributed by atoms with E-state index in [9.17, 15) is 0 Å². The number of nitrogens with one attached hydrogen (secondary N) is 1. The molecule has 0 aromatic heterocycles. The molecule has 1 aromatic carbocycles. The first-order valence-electron chi connectivity index (χ1n) is 5.54. The summed E-state index contributed by atoms with van der Waals surface area (Å²) >= 11 is 0. The average molecular weight is 207 g/mol. The van der Waals surface area contributed by atoms with Crippen molar-refractivity contribution >= 4 is 0 Å². The molecule has 84 valence electrons. The van der Waals surface area contributed by atoms with Crippen molar-refractivity contribution in [3.63, 3.8) is 0 Å². The second-order valence-corrected chi connectivity index (χ2v) is 4.15. The molecule has 2 heteroatoms. The summed E-state index contributed by atoms with van der Waals surface area (Å²) < 4.78 is 0. The summed E-state index contributed by atoms with van der Waals surface area (Å²) in [5.41, 5.74) is 4.05. The van der Waals surface area contributed by atoms with Gasteiger partial charge in [-0.15, -0.1) is 0 Å². The van der Waals surface area contributed by atoms with Crippen LogP contribution in [0.25, 0.3) is 0 Å². The van der Waals surface area contributed by atoms with Crippen LogP contribution < -0.4 is 5.32 Å². The van der Waals surface area contributed by atoms with Gasteiger partial charge in [-0.2, -0.15) is 0 Å². The molecule has 0 heterocycles. The molecule has 0 aliphatic heterocycles. The summed E-state index contributed by atoms with van der Waals surface area (Å²) in [6.07, 6.45) is 0.810. The molecule has 0 radical (unpaired) electrons. The summed E-state index contributed by atoms with van der Waals surface area (Å²) in [6, 6.07) is 6.75. The van der Waals surface area contributed by atoms with Crippen LogP contribution in [-0.2, 0) is 6.54 Å². The number of rotatable bonds is 5. The Hall–Kier alpha value is -0.860. The second-order valence-electron chi connectivity index (χ2n) is 4.15. The number of benzene rings is 1. The molecule has 1 aromatic rings. The number of aliphatic hydroxyl groups excluding tert-OH is 1. The zero-order valence-electron chi connectivity index (χ0n) is 9.88. The van der Waals surface area contributed by atoms with Crippen LogP contribution in [-0.4, -0.2) is 17.8 Å². The summed E-state index contributed by atoms with van der Waals surface area (Å²) in [7, 11) is 0. The van der Waals surface area contributed by atoms with Gasteiger partial charge in [-0.05, 0) is 43.9 Å². The molecule has 2 N–H and O–H groups in total. The van der Waals surface area contributed by atoms with Crippen molar-refractivity contribution in [1.29, 1.82) is 0 Å². The minimum Gasteiger partial charge on any atom is -0.396 e. The van der Waals surface area contributed by atoms with E-state index in [1.165, 1.54) is 16.7 Å². The van der Waals surface area contributed by atoms with E-state index in [0.29, 0.717) is 6.04 Å². The second kappa shape index (κ2) is 5.89. The van der Waals surface area contributed by atoms with Gasteiger partial charge in [0.15, 0.2) is 0 Å². The van der Waals surface area contributed by atoms with E-state index in [1.807, 2.05) is 0 Å². The maximum absolute atomic E-state index is 8.79. The van der Waals surface area contributed by atoms with E-state index in [4.69, 9.17) is 5.11 Å². The summed E-state index contributed by atoms with van der Waals surface area (Å²) in [5, 5.41) is 12.2. The van der Waals surface area contributed by atoms with Crippen molar-refractivity contribution in [2.24, 2.45) is 0 Å². The van der Waals surface area contributed by atoms with Crippen LogP contribution in [0.1, 0.15) is 30.0 Å². The van der Waals surface area contributed by atoms with E-state index in [1.54, 1.807) is 0 Å². The molecular weight excluding hydrogens is 186 g/mol. The first-order valence-corrected chi connectivity index (χ1v) is 5.54. The van der Waals surface area contributed by atoms with Crippen molar-refractivity contribution in [1.82, 2.24) is 5.32 Å². The predicted octanol–water partition coefficient (Wildman–Crippen LogP) is 2.16. The highest BCUT2D eigenvalue weighted by molar-refractivity contribution is 5.32. The molecule has 1 rings (SSSR count). The standard InChI is InChI=1S/C13H21NO/c1-10-5-4-6-13(12(10)3)9-14-11(2)7-8-15/h4-6,11,14-15H,7-9H2,1-3H3. The fourth-order valence-corrected chi connectivity index (χ4v) is 1.58. The summed E-state index contributed by atoms with van der Waals surface area (Å²) in [6.45, 7) is 7.52. The quantitative estimate of drug-likeness (QED) is 0.775. The van der Waals surface area contributed by atoms with Crippen LogP contribution in [0.5, 0.6) is 0 Å². The van der Waals surface area contributed by atoms with E-state index in [0.717, 1.165) is 13.0 Å². The lowest BCUT2D eigenvalue weighted by Crippen LogP contribution is -2.26. The number of hydrogen-bond acceptors (Lipinski definition) is 2. The van der Waals surface area contributed by atoms with Crippen LogP contribution in [0.15, 0.2) is 18.2 Å². The van der Waals surface area contributed by atoms with Gasteiger partial charge in [0.05, 0.1) is 0 Å². The third-order valence-corrected chi connectivity index (χ3v) is 2.92. The van der Waals surface area contributed by atoms with Gasteiger partial charge in [0.2, 0.25) is 0 Å². The van der Waals surface area contributed by atoms with E-state index in [-0.39, 0.29) is 6.61 Å². The van der Waals surface area contributed by atoms with Gasteiger partial charge in [0, 0.05) is 19.2 Å². The van der Waals surface area contributed by atoms with E-state index in [2.05, 4.69) is 44.3 Å². The molecule has 2 nitrogen and oxygen atoms in total. The maximum atomic E-state index is 8.79. The van der Waals surface area contributed by atoms with Crippen LogP contribution in [0.4, 0.5) is 0 Å². The zero-order chi connectivity index (χ0) is 11.3. The SMILES string of the molecule is Cc1cccc(CNC(C)CCO)c1C. The topological polar surface area (TPSA) is 32.3 Å². The Morgan fingerprint density at radius 1 is 1.33 bits per heavy atom. The third kappa shape index (κ3) is 3.65. The maximum Gasteiger partial charge on any atom is 0.0445 e. The molecule has 0 spiro atoms. The van der Waals surface area contributed by atoms with Crippen LogP contribution in [0.3, 0.4) is 0 Å². The smallest absolute Gasteiger partial charge is 0.0445 e. The van der Waals surface area contributed by atoms with Gasteiger partial charge >= 0.3 is 0 Å². The van der Waals surface area contributed by atoms with Gasteiger partial charge in [-0.25, -0.2) is 0 Å². The molecule has 0 saturated heterocycles. The molecule has 15 heavy (non-hydrogen) atoms. The molecule has 0 saturated carbocycles. The van der Waals surface area contributed by atoms with E-state index >= 15 is 0 Å². The minimum absolute atomic E-state index is 0.251. The molecule has 0 aliphatic carbocycles. The highest BCUT2D eigenvalue weighted by Crippen LogP contribution is 2.12. The first kappa shape index (κ1) is 12.2. The Morgan fingerprint density at radius 3 is 2.73 bits per heavy atom. The highest BCUT2D eigenvalue weighted by atomic mass is 16.3. The molecule has 0 bridgehead atoms. The van der Waals surface area contributed by atoms with Crippen molar-refractivity contribution in [3.05, 3.63) is 34.9 Å². The van der Waals surface area contributed by atoms with Gasteiger partial charge in [-0.1, -0.05) is 18.2 Å². The van der Waals surface area contributed by atoms with Gasteiger partial charge in [0.1, 0.15) is 0 Å². The van der Waals surface area contributed by atoms with Crippen molar-refractivity contribution in [3.8, 4) is 0 Å². The Bertz CT molecular complexity index is 309. The number of aryl methyl sites for hydroxylation is 1. The summed E-state index contributed by atoms with van der Waals surface area (Å²) in [4.78, 5) is 0. The van der Waals surface area contributed by atoms with Crippen LogP contribution >= 0.6 is 0 Å². The number of aliphatic hydroxyl groups is 1. The van der Waals surface area contributed by atoms with Crippen LogP contribution in [0, 0.1) is 13.8 Å². The average Bonchev–Trinajstić information content (AvgIpc) is 2.21. The van der Waals surface area contributed by atoms with Gasteiger partial charge < -0.3 is 10.4 Å². The molecule has 0 aliphatic rings. The largest absolute Gasteiger partial charge is 0.396 e. The molecule has 0 fully saturated rings.